The molecule has 0 heterocycles. The van der Waals surface area contributed by atoms with Gasteiger partial charge in [0.2, 0.25) is 0 Å². The van der Waals surface area contributed by atoms with Crippen LogP contribution in [0.1, 0.15) is 36.8 Å². The van der Waals surface area contributed by atoms with E-state index in [1.165, 1.54) is 30.4 Å². The highest BCUT2D eigenvalue weighted by molar-refractivity contribution is 5.29. The van der Waals surface area contributed by atoms with Gasteiger partial charge in [-0.3, -0.25) is 0 Å². The predicted octanol–water partition coefficient (Wildman–Crippen LogP) is 4.13. The van der Waals surface area contributed by atoms with Crippen LogP contribution in [-0.2, 0) is 6.42 Å². The van der Waals surface area contributed by atoms with Crippen molar-refractivity contribution >= 4 is 0 Å². The fraction of sp³-hybridized carbons (Fsp3) is 0.357. The average Bonchev–Trinajstić information content (AvgIpc) is 2.25. The molecule has 1 rings (SSSR count). The number of unbranched alkanes of at least 4 members (excludes halogenated alkanes) is 1. The molecule has 1 aromatic carbocycles. The molecule has 75 valence electrons. The maximum absolute atomic E-state index is 4.03. The molecule has 0 saturated carbocycles. The van der Waals surface area contributed by atoms with Crippen LogP contribution in [0.25, 0.3) is 0 Å². The van der Waals surface area contributed by atoms with Gasteiger partial charge in [0.15, 0.2) is 0 Å². The van der Waals surface area contributed by atoms with Crippen LogP contribution in [0.4, 0.5) is 0 Å². The highest BCUT2D eigenvalue weighted by Gasteiger charge is 2.01. The van der Waals surface area contributed by atoms with Crippen LogP contribution >= 0.6 is 0 Å². The number of hydrogen-bond donors (Lipinski definition) is 0. The summed E-state index contributed by atoms with van der Waals surface area (Å²) < 4.78 is 0. The van der Waals surface area contributed by atoms with E-state index in [0.29, 0.717) is 0 Å². The Kier molecular flexibility index (Phi) is 4.45. The van der Waals surface area contributed by atoms with Crippen molar-refractivity contribution in [2.45, 2.75) is 32.1 Å². The normalized spacial score (nSPS) is 12.4. The number of aryl methyl sites for hydroxylation is 1. The van der Waals surface area contributed by atoms with Crippen LogP contribution in [0.2, 0.25) is 0 Å². The van der Waals surface area contributed by atoms with Crippen molar-refractivity contribution < 1.29 is 0 Å². The van der Waals surface area contributed by atoms with Gasteiger partial charge in [-0.1, -0.05) is 43.7 Å². The predicted molar refractivity (Wildman–Crippen MR) is 63.3 cm³/mol. The highest BCUT2D eigenvalue weighted by Crippen LogP contribution is 2.17. The lowest BCUT2D eigenvalue weighted by Crippen LogP contribution is -1.91. The van der Waals surface area contributed by atoms with Crippen LogP contribution in [-0.4, -0.2) is 0 Å². The smallest absolute Gasteiger partial charge is 0.00157 e. The Balaban J connectivity index is 2.73. The Morgan fingerprint density at radius 2 is 2.21 bits per heavy atom. The van der Waals surface area contributed by atoms with Crippen molar-refractivity contribution in [3.05, 3.63) is 55.0 Å². The molecular weight excluding hydrogens is 168 g/mol. The first-order valence-corrected chi connectivity index (χ1v) is 5.32. The molecule has 1 atom stereocenters. The van der Waals surface area contributed by atoms with Gasteiger partial charge >= 0.3 is 0 Å². The number of rotatable bonds is 5. The van der Waals surface area contributed by atoms with E-state index >= 15 is 0 Å². The van der Waals surface area contributed by atoms with E-state index in [4.69, 9.17) is 0 Å². The molecule has 1 radical (unpaired) electrons. The van der Waals surface area contributed by atoms with Crippen molar-refractivity contribution in [1.82, 2.24) is 0 Å². The third kappa shape index (κ3) is 3.02. The van der Waals surface area contributed by atoms with Crippen LogP contribution in [0.5, 0.6) is 0 Å². The Bertz CT molecular complexity index is 286. The summed E-state index contributed by atoms with van der Waals surface area (Å²) in [6.45, 7) is 10.0. The summed E-state index contributed by atoms with van der Waals surface area (Å²) in [7, 11) is 0. The third-order valence-corrected chi connectivity index (χ3v) is 2.48. The van der Waals surface area contributed by atoms with E-state index in [2.05, 4.69) is 44.7 Å². The molecule has 0 aliphatic carbocycles. The summed E-state index contributed by atoms with van der Waals surface area (Å²) in [5.41, 5.74) is 2.69. The minimum atomic E-state index is 0.219. The zero-order chi connectivity index (χ0) is 10.4. The molecule has 0 bridgehead atoms. The number of allylic oxidation sites excluding steroid dienone is 1. The fourth-order valence-electron chi connectivity index (χ4n) is 1.50. The third-order valence-electron chi connectivity index (χ3n) is 2.48. The molecule has 0 saturated heterocycles. The van der Waals surface area contributed by atoms with Gasteiger partial charge < -0.3 is 0 Å². The molecule has 0 spiro atoms. The van der Waals surface area contributed by atoms with Crippen molar-refractivity contribution in [2.75, 3.05) is 0 Å². The summed E-state index contributed by atoms with van der Waals surface area (Å²) in [6, 6.07) is 8.67. The van der Waals surface area contributed by atoms with Gasteiger partial charge in [-0.25, -0.2) is 0 Å². The number of benzene rings is 1. The Hall–Kier alpha value is -1.04. The van der Waals surface area contributed by atoms with Gasteiger partial charge in [0.25, 0.3) is 0 Å². The molecule has 0 fully saturated rings. The highest BCUT2D eigenvalue weighted by atomic mass is 14.1. The lowest BCUT2D eigenvalue weighted by molar-refractivity contribution is 0.793. The van der Waals surface area contributed by atoms with E-state index in [9.17, 15) is 0 Å². The van der Waals surface area contributed by atoms with E-state index in [0.717, 1.165) is 0 Å². The summed E-state index contributed by atoms with van der Waals surface area (Å²) >= 11 is 0. The largest absolute Gasteiger partial charge is 0.102 e. The molecule has 0 amide bonds. The Morgan fingerprint density at radius 3 is 2.86 bits per heavy atom. The fourth-order valence-corrected chi connectivity index (χ4v) is 1.50. The molecule has 0 heteroatoms. The van der Waals surface area contributed by atoms with Crippen molar-refractivity contribution in [3.63, 3.8) is 0 Å². The van der Waals surface area contributed by atoms with Gasteiger partial charge in [-0.05, 0) is 30.9 Å². The van der Waals surface area contributed by atoms with Gasteiger partial charge in [0, 0.05) is 5.92 Å². The van der Waals surface area contributed by atoms with Gasteiger partial charge in [-0.15, -0.1) is 6.58 Å². The molecular formula is C14H19. The second kappa shape index (κ2) is 5.64. The standard InChI is InChI=1S/C14H19/c1-4-6-8-13-9-7-10-14(11-13)12(3)5-2/h5,7,9-12H,2-4,6,8H2,1H3. The second-order valence-electron chi connectivity index (χ2n) is 3.69. The SMILES string of the molecule is [CH2]C(C=C)c1cccc(CCCC)c1. The van der Waals surface area contributed by atoms with Crippen molar-refractivity contribution in [2.24, 2.45) is 0 Å². The molecule has 14 heavy (non-hydrogen) atoms. The van der Waals surface area contributed by atoms with E-state index in [1.807, 2.05) is 6.08 Å². The molecule has 1 aromatic rings. The Labute approximate surface area is 87.7 Å². The lowest BCUT2D eigenvalue weighted by atomic mass is 9.97. The second-order valence-corrected chi connectivity index (χ2v) is 3.69. The topological polar surface area (TPSA) is 0 Å². The maximum atomic E-state index is 4.03. The van der Waals surface area contributed by atoms with E-state index < -0.39 is 0 Å². The lowest BCUT2D eigenvalue weighted by Gasteiger charge is -2.08. The van der Waals surface area contributed by atoms with Crippen molar-refractivity contribution in [1.29, 1.82) is 0 Å². The zero-order valence-electron chi connectivity index (χ0n) is 9.00. The maximum Gasteiger partial charge on any atom is 0.00157 e. The minimum Gasteiger partial charge on any atom is -0.102 e. The first-order chi connectivity index (χ1) is 6.77. The summed E-state index contributed by atoms with van der Waals surface area (Å²) in [6.07, 6.45) is 5.58. The molecule has 0 aliphatic heterocycles. The summed E-state index contributed by atoms with van der Waals surface area (Å²) in [5, 5.41) is 0. The van der Waals surface area contributed by atoms with Gasteiger partial charge in [0.1, 0.15) is 0 Å². The first kappa shape index (κ1) is 11.0. The van der Waals surface area contributed by atoms with E-state index in [1.54, 1.807) is 0 Å². The molecule has 0 nitrogen and oxygen atoms in total. The van der Waals surface area contributed by atoms with Crippen LogP contribution < -0.4 is 0 Å². The Morgan fingerprint density at radius 1 is 1.43 bits per heavy atom. The zero-order valence-corrected chi connectivity index (χ0v) is 9.00. The minimum absolute atomic E-state index is 0.219. The molecule has 0 N–H and O–H groups in total. The van der Waals surface area contributed by atoms with Crippen LogP contribution in [0.3, 0.4) is 0 Å². The summed E-state index contributed by atoms with van der Waals surface area (Å²) in [5.74, 6) is 0.219. The van der Waals surface area contributed by atoms with Gasteiger partial charge in [-0.2, -0.15) is 0 Å². The molecule has 0 aromatic heterocycles. The monoisotopic (exact) mass is 187 g/mol. The molecule has 1 unspecified atom stereocenters. The number of hydrogen-bond acceptors (Lipinski definition) is 0. The summed E-state index contributed by atoms with van der Waals surface area (Å²) in [4.78, 5) is 0. The van der Waals surface area contributed by atoms with Crippen molar-refractivity contribution in [3.8, 4) is 0 Å². The molecule has 0 aliphatic rings. The first-order valence-electron chi connectivity index (χ1n) is 5.32. The van der Waals surface area contributed by atoms with E-state index in [-0.39, 0.29) is 5.92 Å². The van der Waals surface area contributed by atoms with Crippen LogP contribution in [0.15, 0.2) is 36.9 Å². The quantitative estimate of drug-likeness (QED) is 0.608. The average molecular weight is 187 g/mol. The van der Waals surface area contributed by atoms with Gasteiger partial charge in [0.05, 0.1) is 0 Å². The van der Waals surface area contributed by atoms with Crippen LogP contribution in [0, 0.1) is 6.92 Å².